The highest BCUT2D eigenvalue weighted by Gasteiger charge is 2.19. The predicted molar refractivity (Wildman–Crippen MR) is 220 cm³/mol. The van der Waals surface area contributed by atoms with Gasteiger partial charge in [-0.2, -0.15) is 0 Å². The fourth-order valence-electron chi connectivity index (χ4n) is 6.75. The van der Waals surface area contributed by atoms with E-state index in [0.717, 1.165) is 69.6 Å². The molecule has 0 aromatic rings. The van der Waals surface area contributed by atoms with Gasteiger partial charge in [0.1, 0.15) is 13.2 Å². The Labute approximate surface area is 323 Å². The minimum absolute atomic E-state index is 0.0652. The Bertz CT molecular complexity index is 794. The molecule has 0 spiro atoms. The maximum atomic E-state index is 12.7. The number of hydrogen-bond acceptors (Lipinski definition) is 6. The van der Waals surface area contributed by atoms with Crippen LogP contribution in [0.4, 0.5) is 0 Å². The molecule has 0 heterocycles. The van der Waals surface area contributed by atoms with Gasteiger partial charge in [0.2, 0.25) is 0 Å². The molecule has 0 saturated carbocycles. The maximum absolute atomic E-state index is 12.7. The van der Waals surface area contributed by atoms with Gasteiger partial charge in [-0.15, -0.1) is 0 Å². The Hall–Kier alpha value is -1.59. The van der Waals surface area contributed by atoms with E-state index < -0.39 is 6.10 Å². The summed E-state index contributed by atoms with van der Waals surface area (Å²) in [6.07, 6.45) is 36.6. The molecule has 52 heavy (non-hydrogen) atoms. The van der Waals surface area contributed by atoms with Crippen molar-refractivity contribution < 1.29 is 28.6 Å². The first-order chi connectivity index (χ1) is 25.2. The lowest BCUT2D eigenvalue weighted by Crippen LogP contribution is -2.30. The molecule has 0 aromatic heterocycles. The lowest BCUT2D eigenvalue weighted by molar-refractivity contribution is -0.167. The average Bonchev–Trinajstić information content (AvgIpc) is 3.11. The minimum Gasteiger partial charge on any atom is -0.462 e. The van der Waals surface area contributed by atoms with Gasteiger partial charge in [0.25, 0.3) is 0 Å². The van der Waals surface area contributed by atoms with Crippen LogP contribution in [0.15, 0.2) is 0 Å². The van der Waals surface area contributed by atoms with Crippen molar-refractivity contribution in [2.45, 2.75) is 253 Å². The molecule has 0 unspecified atom stereocenters. The Morgan fingerprint density at radius 3 is 0.942 bits per heavy atom. The summed E-state index contributed by atoms with van der Waals surface area (Å²) in [5, 5.41) is 0. The number of carbonyl (C=O) groups excluding carboxylic acids is 3. The zero-order valence-electron chi connectivity index (χ0n) is 35.4. The van der Waals surface area contributed by atoms with Crippen molar-refractivity contribution in [3.05, 3.63) is 0 Å². The van der Waals surface area contributed by atoms with Crippen LogP contribution in [0.3, 0.4) is 0 Å². The second kappa shape index (κ2) is 39.1. The molecule has 0 N–H and O–H groups in total. The molecule has 0 aliphatic rings. The van der Waals surface area contributed by atoms with Gasteiger partial charge >= 0.3 is 17.9 Å². The molecule has 6 nitrogen and oxygen atoms in total. The van der Waals surface area contributed by atoms with E-state index in [4.69, 9.17) is 14.2 Å². The highest BCUT2D eigenvalue weighted by atomic mass is 16.6. The molecule has 0 amide bonds. The lowest BCUT2D eigenvalue weighted by Gasteiger charge is -2.18. The third kappa shape index (κ3) is 39.6. The topological polar surface area (TPSA) is 78.9 Å². The molecule has 1 atom stereocenters. The third-order valence-corrected chi connectivity index (χ3v) is 10.2. The van der Waals surface area contributed by atoms with Gasteiger partial charge < -0.3 is 14.2 Å². The number of unbranched alkanes of at least 4 members (excludes halogenated alkanes) is 25. The van der Waals surface area contributed by atoms with Gasteiger partial charge in [0, 0.05) is 19.3 Å². The first-order valence-corrected chi connectivity index (χ1v) is 22.7. The fraction of sp³-hybridized carbons (Fsp3) is 0.935. The van der Waals surface area contributed by atoms with Crippen LogP contribution in [0.2, 0.25) is 0 Å². The lowest BCUT2D eigenvalue weighted by atomic mass is 10.0. The zero-order chi connectivity index (χ0) is 38.3. The van der Waals surface area contributed by atoms with Gasteiger partial charge in [-0.25, -0.2) is 0 Å². The van der Waals surface area contributed by atoms with Gasteiger partial charge in [0.05, 0.1) is 0 Å². The number of hydrogen-bond donors (Lipinski definition) is 0. The molecule has 0 rings (SSSR count). The third-order valence-electron chi connectivity index (χ3n) is 10.2. The molecule has 0 aliphatic heterocycles. The van der Waals surface area contributed by atoms with Crippen LogP contribution < -0.4 is 0 Å². The Balaban J connectivity index is 4.31. The molecule has 0 bridgehead atoms. The smallest absolute Gasteiger partial charge is 0.306 e. The van der Waals surface area contributed by atoms with E-state index in [1.165, 1.54) is 135 Å². The number of rotatable bonds is 40. The Morgan fingerprint density at radius 2 is 0.635 bits per heavy atom. The minimum atomic E-state index is -0.759. The van der Waals surface area contributed by atoms with Gasteiger partial charge in [-0.05, 0) is 31.1 Å². The van der Waals surface area contributed by atoms with Crippen molar-refractivity contribution in [2.75, 3.05) is 13.2 Å². The van der Waals surface area contributed by atoms with E-state index in [1.54, 1.807) is 0 Å². The molecule has 6 heteroatoms. The molecule has 0 aromatic carbocycles. The molecule has 308 valence electrons. The van der Waals surface area contributed by atoms with E-state index in [-0.39, 0.29) is 31.1 Å². The quantitative estimate of drug-likeness (QED) is 0.0354. The van der Waals surface area contributed by atoms with E-state index in [1.807, 2.05) is 0 Å². The summed E-state index contributed by atoms with van der Waals surface area (Å²) in [6.45, 7) is 11.3. The summed E-state index contributed by atoms with van der Waals surface area (Å²) < 4.78 is 16.7. The van der Waals surface area contributed by atoms with Crippen LogP contribution in [-0.2, 0) is 28.6 Å². The Morgan fingerprint density at radius 1 is 0.365 bits per heavy atom. The van der Waals surface area contributed by atoms with Gasteiger partial charge in [0.15, 0.2) is 6.10 Å². The largest absolute Gasteiger partial charge is 0.462 e. The summed E-state index contributed by atoms with van der Waals surface area (Å²) in [6, 6.07) is 0. The van der Waals surface area contributed by atoms with E-state index in [0.29, 0.717) is 19.3 Å². The first kappa shape index (κ1) is 50.4. The van der Waals surface area contributed by atoms with Crippen LogP contribution in [-0.4, -0.2) is 37.2 Å². The highest BCUT2D eigenvalue weighted by molar-refractivity contribution is 5.71. The molecule has 0 aliphatic carbocycles. The first-order valence-electron chi connectivity index (χ1n) is 22.7. The molecule has 0 saturated heterocycles. The predicted octanol–water partition coefficient (Wildman–Crippen LogP) is 14.2. The molecule has 0 fully saturated rings. The molecular formula is C46H88O6. The van der Waals surface area contributed by atoms with Crippen LogP contribution in [0, 0.1) is 11.8 Å². The standard InChI is InChI=1S/C46H88O6/c1-6-7-8-9-10-14-23-28-33-38-46(49)52-43(40-51-45(48)37-32-27-22-18-13-16-20-25-30-35-42(4)5)39-50-44(47)36-31-26-21-17-12-11-15-19-24-29-34-41(2)3/h41-43H,6-40H2,1-5H3/t43-/m1/s1. The van der Waals surface area contributed by atoms with Crippen molar-refractivity contribution in [1.82, 2.24) is 0 Å². The van der Waals surface area contributed by atoms with Gasteiger partial charge in [-0.1, -0.05) is 208 Å². The van der Waals surface area contributed by atoms with Crippen molar-refractivity contribution in [3.63, 3.8) is 0 Å². The van der Waals surface area contributed by atoms with Crippen molar-refractivity contribution >= 4 is 17.9 Å². The average molecular weight is 737 g/mol. The number of ether oxygens (including phenoxy) is 3. The van der Waals surface area contributed by atoms with E-state index in [9.17, 15) is 14.4 Å². The summed E-state index contributed by atoms with van der Waals surface area (Å²) in [4.78, 5) is 37.6. The van der Waals surface area contributed by atoms with E-state index in [2.05, 4.69) is 34.6 Å². The number of esters is 3. The van der Waals surface area contributed by atoms with E-state index >= 15 is 0 Å². The van der Waals surface area contributed by atoms with Crippen LogP contribution in [0.1, 0.15) is 247 Å². The molecule has 0 radical (unpaired) electrons. The van der Waals surface area contributed by atoms with Crippen molar-refractivity contribution in [3.8, 4) is 0 Å². The summed E-state index contributed by atoms with van der Waals surface area (Å²) in [5.74, 6) is 0.766. The number of carbonyl (C=O) groups is 3. The summed E-state index contributed by atoms with van der Waals surface area (Å²) in [7, 11) is 0. The normalized spacial score (nSPS) is 12.1. The van der Waals surface area contributed by atoms with Crippen LogP contribution >= 0.6 is 0 Å². The van der Waals surface area contributed by atoms with Crippen molar-refractivity contribution in [2.24, 2.45) is 11.8 Å². The molecular weight excluding hydrogens is 649 g/mol. The second-order valence-corrected chi connectivity index (χ2v) is 16.6. The zero-order valence-corrected chi connectivity index (χ0v) is 35.4. The highest BCUT2D eigenvalue weighted by Crippen LogP contribution is 2.16. The fourth-order valence-corrected chi connectivity index (χ4v) is 6.75. The maximum Gasteiger partial charge on any atom is 0.306 e. The summed E-state index contributed by atoms with van der Waals surface area (Å²) >= 11 is 0. The summed E-state index contributed by atoms with van der Waals surface area (Å²) in [5.41, 5.74) is 0. The van der Waals surface area contributed by atoms with Crippen LogP contribution in [0.25, 0.3) is 0 Å². The monoisotopic (exact) mass is 737 g/mol. The van der Waals surface area contributed by atoms with Crippen LogP contribution in [0.5, 0.6) is 0 Å². The van der Waals surface area contributed by atoms with Gasteiger partial charge in [-0.3, -0.25) is 14.4 Å². The SMILES string of the molecule is CCCCCCCCCCCC(=O)O[C@H](COC(=O)CCCCCCCCCCCCC(C)C)COC(=O)CCCCCCCCCCCC(C)C. The second-order valence-electron chi connectivity index (χ2n) is 16.6. The van der Waals surface area contributed by atoms with Crippen molar-refractivity contribution in [1.29, 1.82) is 0 Å². The Kier molecular flexibility index (Phi) is 37.9.